The van der Waals surface area contributed by atoms with E-state index in [4.69, 9.17) is 14.0 Å². The Balaban J connectivity index is 2.45. The standard InChI is InChI=1S/C13H13NO5/c1-16-8-4-5-11(17-2)9(6-8)10-7-12(19-14-10)13(15)18-3/h4-7H,1-3H3. The number of carbonyl (C=O) groups is 1. The Morgan fingerprint density at radius 1 is 1.16 bits per heavy atom. The Morgan fingerprint density at radius 2 is 1.95 bits per heavy atom. The number of nitrogens with zero attached hydrogens (tertiary/aromatic N) is 1. The van der Waals surface area contributed by atoms with Crippen LogP contribution in [0, 0.1) is 0 Å². The Labute approximate surface area is 109 Å². The molecule has 0 bridgehead atoms. The van der Waals surface area contributed by atoms with E-state index in [9.17, 15) is 4.79 Å². The molecular weight excluding hydrogens is 250 g/mol. The zero-order valence-corrected chi connectivity index (χ0v) is 10.8. The first-order valence-corrected chi connectivity index (χ1v) is 5.47. The van der Waals surface area contributed by atoms with Gasteiger partial charge in [-0.05, 0) is 18.2 Å². The van der Waals surface area contributed by atoms with Crippen LogP contribution in [0.3, 0.4) is 0 Å². The number of esters is 1. The second kappa shape index (κ2) is 5.43. The summed E-state index contributed by atoms with van der Waals surface area (Å²) in [6, 6.07) is 6.76. The number of ether oxygens (including phenoxy) is 3. The molecule has 2 aromatic rings. The normalized spacial score (nSPS) is 10.1. The monoisotopic (exact) mass is 263 g/mol. The largest absolute Gasteiger partial charge is 0.497 e. The van der Waals surface area contributed by atoms with Crippen molar-refractivity contribution in [3.8, 4) is 22.8 Å². The van der Waals surface area contributed by atoms with E-state index in [1.54, 1.807) is 32.4 Å². The van der Waals surface area contributed by atoms with Gasteiger partial charge < -0.3 is 18.7 Å². The summed E-state index contributed by atoms with van der Waals surface area (Å²) in [5.41, 5.74) is 1.14. The van der Waals surface area contributed by atoms with E-state index in [1.807, 2.05) is 0 Å². The predicted molar refractivity (Wildman–Crippen MR) is 66.4 cm³/mol. The van der Waals surface area contributed by atoms with Gasteiger partial charge in [0.25, 0.3) is 0 Å². The molecule has 6 nitrogen and oxygen atoms in total. The third kappa shape index (κ3) is 2.52. The smallest absolute Gasteiger partial charge is 0.376 e. The Morgan fingerprint density at radius 3 is 2.58 bits per heavy atom. The van der Waals surface area contributed by atoms with Crippen molar-refractivity contribution in [2.24, 2.45) is 0 Å². The fourth-order valence-corrected chi connectivity index (χ4v) is 1.61. The molecule has 0 aliphatic heterocycles. The molecule has 0 fully saturated rings. The van der Waals surface area contributed by atoms with Crippen LogP contribution in [-0.4, -0.2) is 32.5 Å². The Bertz CT molecular complexity index is 590. The third-order valence-corrected chi connectivity index (χ3v) is 2.58. The number of hydrogen-bond acceptors (Lipinski definition) is 6. The number of hydrogen-bond donors (Lipinski definition) is 0. The third-order valence-electron chi connectivity index (χ3n) is 2.58. The van der Waals surface area contributed by atoms with Crippen molar-refractivity contribution < 1.29 is 23.5 Å². The van der Waals surface area contributed by atoms with Crippen molar-refractivity contribution in [2.45, 2.75) is 0 Å². The van der Waals surface area contributed by atoms with E-state index in [-0.39, 0.29) is 5.76 Å². The van der Waals surface area contributed by atoms with Gasteiger partial charge in [-0.25, -0.2) is 4.79 Å². The highest BCUT2D eigenvalue weighted by Gasteiger charge is 2.17. The van der Waals surface area contributed by atoms with Crippen molar-refractivity contribution >= 4 is 5.97 Å². The summed E-state index contributed by atoms with van der Waals surface area (Å²) < 4.78 is 19.9. The minimum absolute atomic E-state index is 0.0300. The average Bonchev–Trinajstić information content (AvgIpc) is 2.95. The molecule has 19 heavy (non-hydrogen) atoms. The first-order chi connectivity index (χ1) is 9.19. The van der Waals surface area contributed by atoms with Crippen LogP contribution >= 0.6 is 0 Å². The first kappa shape index (κ1) is 12.9. The van der Waals surface area contributed by atoms with Gasteiger partial charge in [-0.3, -0.25) is 0 Å². The van der Waals surface area contributed by atoms with E-state index >= 15 is 0 Å². The minimum Gasteiger partial charge on any atom is -0.497 e. The fourth-order valence-electron chi connectivity index (χ4n) is 1.61. The van der Waals surface area contributed by atoms with Crippen molar-refractivity contribution in [3.63, 3.8) is 0 Å². The van der Waals surface area contributed by atoms with Crippen molar-refractivity contribution in [3.05, 3.63) is 30.0 Å². The van der Waals surface area contributed by atoms with Crippen molar-refractivity contribution in [1.29, 1.82) is 0 Å². The molecular formula is C13H13NO5. The molecule has 1 aromatic carbocycles. The van der Waals surface area contributed by atoms with Gasteiger partial charge >= 0.3 is 5.97 Å². The molecule has 0 aliphatic carbocycles. The second-order valence-electron chi connectivity index (χ2n) is 3.63. The first-order valence-electron chi connectivity index (χ1n) is 5.47. The summed E-state index contributed by atoms with van der Waals surface area (Å²) in [5.74, 6) is 0.701. The lowest BCUT2D eigenvalue weighted by atomic mass is 10.1. The van der Waals surface area contributed by atoms with Gasteiger partial charge in [0.1, 0.15) is 17.2 Å². The molecule has 100 valence electrons. The van der Waals surface area contributed by atoms with Crippen LogP contribution in [0.2, 0.25) is 0 Å². The van der Waals surface area contributed by atoms with Gasteiger partial charge in [0.15, 0.2) is 0 Å². The van der Waals surface area contributed by atoms with Gasteiger partial charge in [-0.1, -0.05) is 5.16 Å². The summed E-state index contributed by atoms with van der Waals surface area (Å²) in [4.78, 5) is 11.3. The van der Waals surface area contributed by atoms with Crippen LogP contribution < -0.4 is 9.47 Å². The van der Waals surface area contributed by atoms with E-state index in [0.717, 1.165) is 0 Å². The highest BCUT2D eigenvalue weighted by atomic mass is 16.5. The summed E-state index contributed by atoms with van der Waals surface area (Å²) >= 11 is 0. The fraction of sp³-hybridized carbons (Fsp3) is 0.231. The van der Waals surface area contributed by atoms with Crippen LogP contribution in [0.4, 0.5) is 0 Å². The van der Waals surface area contributed by atoms with Crippen LogP contribution in [0.15, 0.2) is 28.8 Å². The molecule has 0 N–H and O–H groups in total. The molecule has 1 heterocycles. The van der Waals surface area contributed by atoms with Gasteiger partial charge in [0, 0.05) is 11.6 Å². The van der Waals surface area contributed by atoms with Crippen molar-refractivity contribution in [2.75, 3.05) is 21.3 Å². The van der Waals surface area contributed by atoms with Crippen LogP contribution in [-0.2, 0) is 4.74 Å². The number of aromatic nitrogens is 1. The number of carbonyl (C=O) groups excluding carboxylic acids is 1. The molecule has 2 rings (SSSR count). The number of benzene rings is 1. The van der Waals surface area contributed by atoms with Gasteiger partial charge in [-0.2, -0.15) is 0 Å². The van der Waals surface area contributed by atoms with E-state index in [2.05, 4.69) is 9.89 Å². The SMILES string of the molecule is COC(=O)c1cc(-c2cc(OC)ccc2OC)no1. The van der Waals surface area contributed by atoms with Crippen molar-refractivity contribution in [1.82, 2.24) is 5.16 Å². The van der Waals surface area contributed by atoms with Crippen LogP contribution in [0.1, 0.15) is 10.6 Å². The molecule has 0 aliphatic rings. The van der Waals surface area contributed by atoms with Gasteiger partial charge in [-0.15, -0.1) is 0 Å². The molecule has 1 aromatic heterocycles. The van der Waals surface area contributed by atoms with E-state index in [0.29, 0.717) is 22.8 Å². The molecule has 0 saturated carbocycles. The second-order valence-corrected chi connectivity index (χ2v) is 3.63. The van der Waals surface area contributed by atoms with Gasteiger partial charge in [0.05, 0.1) is 21.3 Å². The Kier molecular flexibility index (Phi) is 3.70. The molecule has 6 heteroatoms. The maximum Gasteiger partial charge on any atom is 0.376 e. The highest BCUT2D eigenvalue weighted by Crippen LogP contribution is 2.33. The lowest BCUT2D eigenvalue weighted by molar-refractivity contribution is 0.0554. The van der Waals surface area contributed by atoms with Crippen LogP contribution in [0.5, 0.6) is 11.5 Å². The maximum absolute atomic E-state index is 11.3. The average molecular weight is 263 g/mol. The molecule has 0 saturated heterocycles. The zero-order valence-electron chi connectivity index (χ0n) is 10.8. The maximum atomic E-state index is 11.3. The lowest BCUT2D eigenvalue weighted by Crippen LogP contribution is -1.98. The molecule has 0 spiro atoms. The Hall–Kier alpha value is -2.50. The highest BCUT2D eigenvalue weighted by molar-refractivity contribution is 5.87. The summed E-state index contributed by atoms with van der Waals surface area (Å²) in [6.45, 7) is 0. The summed E-state index contributed by atoms with van der Waals surface area (Å²) in [7, 11) is 4.39. The summed E-state index contributed by atoms with van der Waals surface area (Å²) in [6.07, 6.45) is 0. The molecule has 0 unspecified atom stereocenters. The number of methoxy groups -OCH3 is 3. The minimum atomic E-state index is -0.583. The molecule has 0 radical (unpaired) electrons. The predicted octanol–water partition coefficient (Wildman–Crippen LogP) is 2.15. The number of rotatable bonds is 4. The zero-order chi connectivity index (χ0) is 13.8. The van der Waals surface area contributed by atoms with Crippen LogP contribution in [0.25, 0.3) is 11.3 Å². The topological polar surface area (TPSA) is 70.8 Å². The van der Waals surface area contributed by atoms with E-state index in [1.165, 1.54) is 13.2 Å². The lowest BCUT2D eigenvalue weighted by Gasteiger charge is -2.07. The van der Waals surface area contributed by atoms with E-state index < -0.39 is 5.97 Å². The molecule has 0 amide bonds. The quantitative estimate of drug-likeness (QED) is 0.787. The summed E-state index contributed by atoms with van der Waals surface area (Å²) in [5, 5.41) is 3.83. The van der Waals surface area contributed by atoms with Gasteiger partial charge in [0.2, 0.25) is 5.76 Å². The molecule has 0 atom stereocenters.